The lowest BCUT2D eigenvalue weighted by atomic mass is 9.70. The van der Waals surface area contributed by atoms with Gasteiger partial charge in [0.2, 0.25) is 0 Å². The molecular formula is C32H33NO. The first-order valence-corrected chi connectivity index (χ1v) is 12.7. The smallest absolute Gasteiger partial charge is 0.123 e. The minimum absolute atomic E-state index is 0.0522. The molecule has 3 aromatic carbocycles. The highest BCUT2D eigenvalue weighted by atomic mass is 16.3. The summed E-state index contributed by atoms with van der Waals surface area (Å²) in [6, 6.07) is 27.5. The second-order valence-corrected chi connectivity index (χ2v) is 9.54. The van der Waals surface area contributed by atoms with Crippen molar-refractivity contribution in [2.75, 3.05) is 0 Å². The highest BCUT2D eigenvalue weighted by Crippen LogP contribution is 2.55. The van der Waals surface area contributed by atoms with Gasteiger partial charge < -0.3 is 5.11 Å². The number of rotatable bonds is 8. The molecule has 1 heterocycles. The number of hydrogen-bond acceptors (Lipinski definition) is 2. The molecule has 172 valence electrons. The van der Waals surface area contributed by atoms with Crippen LogP contribution in [0.1, 0.15) is 63.5 Å². The van der Waals surface area contributed by atoms with E-state index >= 15 is 0 Å². The maximum atomic E-state index is 10.5. The van der Waals surface area contributed by atoms with E-state index in [-0.39, 0.29) is 5.41 Å². The molecule has 34 heavy (non-hydrogen) atoms. The largest absolute Gasteiger partial charge is 0.507 e. The van der Waals surface area contributed by atoms with Crippen molar-refractivity contribution in [3.63, 3.8) is 0 Å². The summed E-state index contributed by atoms with van der Waals surface area (Å²) in [4.78, 5) is 4.61. The monoisotopic (exact) mass is 447 g/mol. The fourth-order valence-corrected chi connectivity index (χ4v) is 5.71. The van der Waals surface area contributed by atoms with Gasteiger partial charge in [0.25, 0.3) is 0 Å². The van der Waals surface area contributed by atoms with Crippen molar-refractivity contribution in [2.24, 2.45) is 0 Å². The molecule has 0 spiro atoms. The van der Waals surface area contributed by atoms with Crippen molar-refractivity contribution >= 4 is 0 Å². The van der Waals surface area contributed by atoms with Crippen LogP contribution in [0.15, 0.2) is 85.1 Å². The zero-order chi connectivity index (χ0) is 23.5. The van der Waals surface area contributed by atoms with Crippen LogP contribution in [-0.4, -0.2) is 10.1 Å². The number of aromatic nitrogens is 1. The number of hydrogen-bond donors (Lipinski definition) is 1. The summed E-state index contributed by atoms with van der Waals surface area (Å²) in [5.74, 6) is 0.325. The van der Waals surface area contributed by atoms with Crippen molar-refractivity contribution in [3.05, 3.63) is 96.2 Å². The van der Waals surface area contributed by atoms with Crippen molar-refractivity contribution in [2.45, 2.75) is 57.8 Å². The molecule has 2 heteroatoms. The zero-order valence-corrected chi connectivity index (χ0v) is 20.2. The van der Waals surface area contributed by atoms with Gasteiger partial charge in [0, 0.05) is 22.7 Å². The molecule has 1 aliphatic rings. The molecule has 5 rings (SSSR count). The number of fused-ring (bicyclic) bond motifs is 3. The summed E-state index contributed by atoms with van der Waals surface area (Å²) in [6.07, 6.45) is 9.02. The summed E-state index contributed by atoms with van der Waals surface area (Å²) in [5, 5.41) is 10.5. The maximum absolute atomic E-state index is 10.5. The molecule has 0 unspecified atom stereocenters. The van der Waals surface area contributed by atoms with Gasteiger partial charge in [0.15, 0.2) is 0 Å². The molecule has 0 amide bonds. The topological polar surface area (TPSA) is 33.1 Å². The van der Waals surface area contributed by atoms with Crippen LogP contribution in [0.2, 0.25) is 0 Å². The number of phenolic OH excluding ortho intramolecular Hbond substituents is 1. The van der Waals surface area contributed by atoms with Crippen LogP contribution in [-0.2, 0) is 5.41 Å². The molecule has 0 saturated heterocycles. The van der Waals surface area contributed by atoms with E-state index in [4.69, 9.17) is 0 Å². The Labute approximate surface area is 203 Å². The Kier molecular flexibility index (Phi) is 6.24. The van der Waals surface area contributed by atoms with Crippen LogP contribution in [0.4, 0.5) is 0 Å². The van der Waals surface area contributed by atoms with Gasteiger partial charge in [0.1, 0.15) is 5.75 Å². The number of benzene rings is 3. The summed E-state index contributed by atoms with van der Waals surface area (Å²) >= 11 is 0. The Bertz CT molecular complexity index is 1280. The summed E-state index contributed by atoms with van der Waals surface area (Å²) in [6.45, 7) is 4.57. The number of unbranched alkanes of at least 4 members (excludes halogenated alkanes) is 2. The lowest BCUT2D eigenvalue weighted by Gasteiger charge is -2.32. The molecule has 2 nitrogen and oxygen atoms in total. The van der Waals surface area contributed by atoms with E-state index < -0.39 is 0 Å². The Morgan fingerprint density at radius 3 is 1.91 bits per heavy atom. The molecule has 1 aliphatic carbocycles. The number of para-hydroxylation sites is 1. The van der Waals surface area contributed by atoms with Gasteiger partial charge in [0.05, 0.1) is 5.69 Å². The van der Waals surface area contributed by atoms with Gasteiger partial charge in [-0.1, -0.05) is 88.1 Å². The van der Waals surface area contributed by atoms with Crippen LogP contribution in [0.5, 0.6) is 5.75 Å². The Morgan fingerprint density at radius 1 is 0.676 bits per heavy atom. The van der Waals surface area contributed by atoms with Crippen LogP contribution in [0.25, 0.3) is 33.5 Å². The van der Waals surface area contributed by atoms with Crippen LogP contribution in [0, 0.1) is 0 Å². The average molecular weight is 448 g/mol. The van der Waals surface area contributed by atoms with E-state index in [0.29, 0.717) is 5.75 Å². The normalized spacial score (nSPS) is 13.5. The zero-order valence-electron chi connectivity index (χ0n) is 20.2. The minimum Gasteiger partial charge on any atom is -0.507 e. The second-order valence-electron chi connectivity index (χ2n) is 9.54. The van der Waals surface area contributed by atoms with E-state index in [1.54, 1.807) is 6.07 Å². The van der Waals surface area contributed by atoms with E-state index in [2.05, 4.69) is 61.3 Å². The maximum Gasteiger partial charge on any atom is 0.123 e. The number of pyridine rings is 1. The van der Waals surface area contributed by atoms with Gasteiger partial charge in [-0.25, -0.2) is 0 Å². The first-order valence-electron chi connectivity index (χ1n) is 12.7. The molecular weight excluding hydrogens is 414 g/mol. The third kappa shape index (κ3) is 3.81. The number of aromatic hydroxyl groups is 1. The van der Waals surface area contributed by atoms with Crippen molar-refractivity contribution in [1.82, 2.24) is 4.98 Å². The molecule has 0 atom stereocenters. The molecule has 0 saturated carbocycles. The first kappa shape index (κ1) is 22.4. The van der Waals surface area contributed by atoms with Gasteiger partial charge in [-0.15, -0.1) is 0 Å². The van der Waals surface area contributed by atoms with Crippen LogP contribution < -0.4 is 0 Å². The van der Waals surface area contributed by atoms with Crippen LogP contribution >= 0.6 is 0 Å². The SMILES string of the molecule is CCCCC1(CCCC)c2ccc(-c3ccccn3)cc2-c2cc(-c3ccccc3O)ccc21. The van der Waals surface area contributed by atoms with E-state index in [0.717, 1.165) is 22.4 Å². The molecule has 0 bridgehead atoms. The molecule has 0 aliphatic heterocycles. The second kappa shape index (κ2) is 9.46. The van der Waals surface area contributed by atoms with Crippen LogP contribution in [0.3, 0.4) is 0 Å². The van der Waals surface area contributed by atoms with E-state index in [9.17, 15) is 5.11 Å². The number of nitrogens with zero attached hydrogens (tertiary/aromatic N) is 1. The van der Waals surface area contributed by atoms with Crippen molar-refractivity contribution < 1.29 is 5.11 Å². The van der Waals surface area contributed by atoms with Gasteiger partial charge >= 0.3 is 0 Å². The fraction of sp³-hybridized carbons (Fsp3) is 0.281. The number of phenols is 1. The van der Waals surface area contributed by atoms with Crippen molar-refractivity contribution in [1.29, 1.82) is 0 Å². The molecule has 4 aromatic rings. The molecule has 0 radical (unpaired) electrons. The predicted molar refractivity (Wildman–Crippen MR) is 142 cm³/mol. The third-order valence-electron chi connectivity index (χ3n) is 7.45. The Hall–Kier alpha value is -3.39. The first-order chi connectivity index (χ1) is 16.7. The molecule has 1 aromatic heterocycles. The third-order valence-corrected chi connectivity index (χ3v) is 7.45. The van der Waals surface area contributed by atoms with Gasteiger partial charge in [-0.2, -0.15) is 0 Å². The highest BCUT2D eigenvalue weighted by Gasteiger charge is 2.42. The molecule has 0 fully saturated rings. The quantitative estimate of drug-likeness (QED) is 0.293. The molecule has 1 N–H and O–H groups in total. The fourth-order valence-electron chi connectivity index (χ4n) is 5.71. The average Bonchev–Trinajstić information content (AvgIpc) is 3.15. The van der Waals surface area contributed by atoms with Gasteiger partial charge in [-0.05, 0) is 71.0 Å². The predicted octanol–water partition coefficient (Wildman–Crippen LogP) is 8.77. The summed E-state index contributed by atoms with van der Waals surface area (Å²) < 4.78 is 0. The van der Waals surface area contributed by atoms with Crippen molar-refractivity contribution in [3.8, 4) is 39.3 Å². The Morgan fingerprint density at radius 2 is 1.29 bits per heavy atom. The summed E-state index contributed by atoms with van der Waals surface area (Å²) in [7, 11) is 0. The summed E-state index contributed by atoms with van der Waals surface area (Å²) in [5.41, 5.74) is 9.68. The Balaban J connectivity index is 1.73. The highest BCUT2D eigenvalue weighted by molar-refractivity contribution is 5.87. The lowest BCUT2D eigenvalue weighted by Crippen LogP contribution is -2.25. The van der Waals surface area contributed by atoms with E-state index in [1.165, 1.54) is 60.8 Å². The van der Waals surface area contributed by atoms with E-state index in [1.807, 2.05) is 36.5 Å². The minimum atomic E-state index is 0.0522. The standard InChI is InChI=1S/C32H33NO/c1-3-5-18-32(19-6-4-2)28-16-14-23(25-11-7-8-13-31(25)34)21-26(28)27-22-24(15-17-29(27)32)30-12-9-10-20-33-30/h7-17,20-22,34H,3-6,18-19H2,1-2H3. The van der Waals surface area contributed by atoms with Gasteiger partial charge in [-0.3, -0.25) is 4.98 Å². The lowest BCUT2D eigenvalue weighted by molar-refractivity contribution is 0.414.